The Morgan fingerprint density at radius 1 is 0.578 bits per heavy atom. The van der Waals surface area contributed by atoms with Crippen LogP contribution in [0.2, 0.25) is 0 Å². The standard InChI is InChI=1S/C26H45NO18/c1-6-13(31)17(35)21(23(38)39-6)44-26-22(45-24-11(27-9(4)29)15(33)14(32)10(5-28)42-24)19(37)20(8(3)41-26)43-25-18(36)16(34)12(30)7(2)40-25/h6-8,10-26,28,30-38H,5H2,1-4H3,(H,27,29)/t6-,7-,8-,10+,11+,12-,13-,14-,15+,16+,17+,18+,19+,20-,21+,22+,23?,24-,25+,26+/m0/s1. The summed E-state index contributed by atoms with van der Waals surface area (Å²) in [7, 11) is 0. The minimum Gasteiger partial charge on any atom is -0.394 e. The average molecular weight is 660 g/mol. The molecule has 0 aromatic rings. The minimum absolute atomic E-state index is 0.666. The highest BCUT2D eigenvalue weighted by Gasteiger charge is 2.55. The summed E-state index contributed by atoms with van der Waals surface area (Å²) < 4.78 is 39.8. The molecule has 1 amide bonds. The van der Waals surface area contributed by atoms with Gasteiger partial charge < -0.3 is 89.5 Å². The fourth-order valence-electron chi connectivity index (χ4n) is 5.78. The van der Waals surface area contributed by atoms with Gasteiger partial charge >= 0.3 is 0 Å². The smallest absolute Gasteiger partial charge is 0.217 e. The van der Waals surface area contributed by atoms with E-state index in [0.717, 1.165) is 6.92 Å². The summed E-state index contributed by atoms with van der Waals surface area (Å²) in [5, 5.41) is 107. The van der Waals surface area contributed by atoms with Gasteiger partial charge in [0.2, 0.25) is 5.91 Å². The summed E-state index contributed by atoms with van der Waals surface area (Å²) in [6, 6.07) is -1.47. The molecular formula is C26H45NO18. The van der Waals surface area contributed by atoms with Crippen molar-refractivity contribution in [3.63, 3.8) is 0 Å². The number of aliphatic hydroxyl groups excluding tert-OH is 10. The quantitative estimate of drug-likeness (QED) is 0.115. The lowest BCUT2D eigenvalue weighted by atomic mass is 9.95. The van der Waals surface area contributed by atoms with Crippen molar-refractivity contribution in [1.29, 1.82) is 0 Å². The monoisotopic (exact) mass is 659 g/mol. The van der Waals surface area contributed by atoms with Crippen molar-refractivity contribution in [2.75, 3.05) is 6.61 Å². The zero-order chi connectivity index (χ0) is 33.5. The lowest BCUT2D eigenvalue weighted by Crippen LogP contribution is -2.69. The van der Waals surface area contributed by atoms with Crippen molar-refractivity contribution in [3.8, 4) is 0 Å². The Hall–Kier alpha value is -1.21. The van der Waals surface area contributed by atoms with Crippen LogP contribution in [0.4, 0.5) is 0 Å². The number of aliphatic hydroxyl groups is 10. The zero-order valence-corrected chi connectivity index (χ0v) is 25.0. The van der Waals surface area contributed by atoms with E-state index >= 15 is 0 Å². The van der Waals surface area contributed by atoms with E-state index in [2.05, 4.69) is 5.32 Å². The third kappa shape index (κ3) is 7.60. The number of amides is 1. The number of hydrogen-bond acceptors (Lipinski definition) is 18. The highest BCUT2D eigenvalue weighted by Crippen LogP contribution is 2.35. The zero-order valence-electron chi connectivity index (χ0n) is 25.0. The van der Waals surface area contributed by atoms with Crippen LogP contribution in [0.5, 0.6) is 0 Å². The Morgan fingerprint density at radius 3 is 1.76 bits per heavy atom. The molecule has 11 N–H and O–H groups in total. The normalized spacial score (nSPS) is 52.8. The van der Waals surface area contributed by atoms with Crippen LogP contribution in [0, 0.1) is 0 Å². The van der Waals surface area contributed by atoms with Gasteiger partial charge in [-0.2, -0.15) is 0 Å². The second kappa shape index (κ2) is 14.9. The van der Waals surface area contributed by atoms with E-state index < -0.39 is 135 Å². The first kappa shape index (κ1) is 36.6. The van der Waals surface area contributed by atoms with E-state index in [1.54, 1.807) is 0 Å². The van der Waals surface area contributed by atoms with Gasteiger partial charge in [0, 0.05) is 6.92 Å². The molecule has 0 aromatic carbocycles. The summed E-state index contributed by atoms with van der Waals surface area (Å²) in [5.41, 5.74) is 0. The number of ether oxygens (including phenoxy) is 7. The molecule has 19 heteroatoms. The van der Waals surface area contributed by atoms with Crippen LogP contribution in [0.15, 0.2) is 0 Å². The fraction of sp³-hybridized carbons (Fsp3) is 0.962. The van der Waals surface area contributed by atoms with Crippen molar-refractivity contribution in [3.05, 3.63) is 0 Å². The van der Waals surface area contributed by atoms with Crippen molar-refractivity contribution in [2.24, 2.45) is 0 Å². The maximum atomic E-state index is 11.9. The summed E-state index contributed by atoms with van der Waals surface area (Å²) in [6.07, 6.45) is -29.4. The van der Waals surface area contributed by atoms with E-state index in [4.69, 9.17) is 33.2 Å². The lowest BCUT2D eigenvalue weighted by Gasteiger charge is -2.50. The minimum atomic E-state index is -1.81. The van der Waals surface area contributed by atoms with Crippen molar-refractivity contribution in [2.45, 2.75) is 150 Å². The molecule has 0 saturated carbocycles. The molecule has 20 atom stereocenters. The molecule has 19 nitrogen and oxygen atoms in total. The first-order chi connectivity index (χ1) is 21.1. The molecule has 4 aliphatic rings. The van der Waals surface area contributed by atoms with Crippen LogP contribution in [0.25, 0.3) is 0 Å². The summed E-state index contributed by atoms with van der Waals surface area (Å²) in [5.74, 6) is -0.666. The third-order valence-electron chi connectivity index (χ3n) is 8.49. The lowest BCUT2D eigenvalue weighted by molar-refractivity contribution is -0.395. The summed E-state index contributed by atoms with van der Waals surface area (Å²) >= 11 is 0. The van der Waals surface area contributed by atoms with Gasteiger partial charge in [-0.15, -0.1) is 0 Å². The number of carbonyl (C=O) groups excluding carboxylic acids is 1. The van der Waals surface area contributed by atoms with Gasteiger partial charge in [0.05, 0.1) is 24.9 Å². The van der Waals surface area contributed by atoms with Gasteiger partial charge in [0.15, 0.2) is 25.2 Å². The van der Waals surface area contributed by atoms with E-state index in [1.165, 1.54) is 20.8 Å². The Bertz CT molecular complexity index is 980. The van der Waals surface area contributed by atoms with Gasteiger partial charge in [0.1, 0.15) is 79.3 Å². The van der Waals surface area contributed by atoms with Crippen molar-refractivity contribution < 1.29 is 89.0 Å². The molecule has 262 valence electrons. The third-order valence-corrected chi connectivity index (χ3v) is 8.49. The molecule has 1 unspecified atom stereocenters. The van der Waals surface area contributed by atoms with Crippen molar-refractivity contribution >= 4 is 5.91 Å². The first-order valence-corrected chi connectivity index (χ1v) is 14.7. The largest absolute Gasteiger partial charge is 0.394 e. The van der Waals surface area contributed by atoms with Gasteiger partial charge in [-0.1, -0.05) is 0 Å². The maximum Gasteiger partial charge on any atom is 0.217 e. The van der Waals surface area contributed by atoms with E-state index in [-0.39, 0.29) is 0 Å². The highest BCUT2D eigenvalue weighted by atomic mass is 16.8. The Balaban J connectivity index is 1.64. The summed E-state index contributed by atoms with van der Waals surface area (Å²) in [4.78, 5) is 11.9. The molecule has 0 aromatic heterocycles. The molecule has 4 fully saturated rings. The van der Waals surface area contributed by atoms with Crippen molar-refractivity contribution in [1.82, 2.24) is 5.32 Å². The topological polar surface area (TPSA) is 296 Å². The van der Waals surface area contributed by atoms with Gasteiger partial charge in [-0.25, -0.2) is 0 Å². The van der Waals surface area contributed by atoms with Gasteiger partial charge in [0.25, 0.3) is 0 Å². The fourth-order valence-corrected chi connectivity index (χ4v) is 5.78. The number of rotatable bonds is 8. The van der Waals surface area contributed by atoms with Crippen LogP contribution < -0.4 is 5.32 Å². The summed E-state index contributed by atoms with van der Waals surface area (Å²) in [6.45, 7) is 4.58. The van der Waals surface area contributed by atoms with Gasteiger partial charge in [-0.3, -0.25) is 4.79 Å². The predicted molar refractivity (Wildman–Crippen MR) is 141 cm³/mol. The SMILES string of the molecule is CC(=O)N[C@H]1[C@H](O[C@H]2[C@@H](O[C@H]3C(O)O[C@@H](C)[C@H](O)[C@H]3O)O[C@@H](C)[C@H](O[C@H]3O[C@@H](C)[C@H](O)[C@@H](O)[C@H]3O)[C@H]2O)O[C@H](CO)[C@H](O)[C@@H]1O. The first-order valence-electron chi connectivity index (χ1n) is 14.7. The molecule has 0 bridgehead atoms. The second-order valence-electron chi connectivity index (χ2n) is 11.8. The Kier molecular flexibility index (Phi) is 12.1. The maximum absolute atomic E-state index is 11.9. The van der Waals surface area contributed by atoms with Crippen LogP contribution in [0.1, 0.15) is 27.7 Å². The van der Waals surface area contributed by atoms with E-state index in [1.807, 2.05) is 0 Å². The van der Waals surface area contributed by atoms with Gasteiger partial charge in [-0.05, 0) is 20.8 Å². The molecule has 0 radical (unpaired) electrons. The predicted octanol–water partition coefficient (Wildman–Crippen LogP) is -6.52. The van der Waals surface area contributed by atoms with E-state index in [0.29, 0.717) is 0 Å². The molecule has 4 aliphatic heterocycles. The highest BCUT2D eigenvalue weighted by molar-refractivity contribution is 5.73. The number of nitrogens with one attached hydrogen (secondary N) is 1. The second-order valence-corrected chi connectivity index (χ2v) is 11.8. The molecule has 0 aliphatic carbocycles. The van der Waals surface area contributed by atoms with Crippen LogP contribution >= 0.6 is 0 Å². The molecule has 0 spiro atoms. The molecule has 4 saturated heterocycles. The molecule has 45 heavy (non-hydrogen) atoms. The number of carbonyl (C=O) groups is 1. The van der Waals surface area contributed by atoms with Crippen LogP contribution in [-0.4, -0.2) is 186 Å². The van der Waals surface area contributed by atoms with Crippen LogP contribution in [0.3, 0.4) is 0 Å². The Labute approximate surface area is 257 Å². The Morgan fingerprint density at radius 2 is 1.13 bits per heavy atom. The molecular weight excluding hydrogens is 614 g/mol. The average Bonchev–Trinajstić information content (AvgIpc) is 2.98. The number of hydrogen-bond donors (Lipinski definition) is 11. The molecule has 4 rings (SSSR count). The van der Waals surface area contributed by atoms with Crippen LogP contribution in [-0.2, 0) is 38.0 Å². The molecule has 4 heterocycles. The van der Waals surface area contributed by atoms with E-state index in [9.17, 15) is 55.9 Å².